The van der Waals surface area contributed by atoms with E-state index in [2.05, 4.69) is 49.6 Å². The molecular weight excluding hydrogens is 396 g/mol. The Morgan fingerprint density at radius 2 is 2.00 bits per heavy atom. The molecule has 5 nitrogen and oxygen atoms in total. The zero-order valence-electron chi connectivity index (χ0n) is 18.5. The van der Waals surface area contributed by atoms with Gasteiger partial charge in [0.2, 0.25) is 0 Å². The van der Waals surface area contributed by atoms with E-state index in [4.69, 9.17) is 15.5 Å². The third-order valence-electron chi connectivity index (χ3n) is 7.57. The van der Waals surface area contributed by atoms with Crippen LogP contribution in [-0.2, 0) is 23.1 Å². The first kappa shape index (κ1) is 20.5. The van der Waals surface area contributed by atoms with Gasteiger partial charge in [-0.25, -0.2) is 4.99 Å². The van der Waals surface area contributed by atoms with Crippen LogP contribution in [0.25, 0.3) is 5.57 Å². The quantitative estimate of drug-likeness (QED) is 0.804. The Hall–Kier alpha value is -3.36. The molecule has 5 heteroatoms. The Kier molecular flexibility index (Phi) is 4.72. The SMILES string of the molecule is C=C1CC2(CCc3ccccc31)Cc1ccc(C#N)cc1C21N=C(N)N(CCOC)C1=C. The van der Waals surface area contributed by atoms with Crippen molar-refractivity contribution in [3.63, 3.8) is 0 Å². The second kappa shape index (κ2) is 7.36. The summed E-state index contributed by atoms with van der Waals surface area (Å²) < 4.78 is 5.32. The lowest BCUT2D eigenvalue weighted by molar-refractivity contribution is 0.147. The number of hydrogen-bond acceptors (Lipinski definition) is 5. The number of hydrogen-bond donors (Lipinski definition) is 1. The highest BCUT2D eigenvalue weighted by Crippen LogP contribution is 2.64. The standard InChI is InChI=1S/C27H28N4O/c1-18-15-26(11-10-21-6-4-5-7-23(18)21)16-22-9-8-20(17-28)14-24(22)27(26)19(2)31(12-13-32-3)25(29)30-27/h4-9,14H,1-2,10-13,15-16H2,3H3,(H2,29,30). The molecule has 32 heavy (non-hydrogen) atoms. The smallest absolute Gasteiger partial charge is 0.197 e. The number of nitrogens with two attached hydrogens (primary N) is 1. The van der Waals surface area contributed by atoms with Gasteiger partial charge in [0.1, 0.15) is 5.54 Å². The van der Waals surface area contributed by atoms with E-state index in [1.807, 2.05) is 17.0 Å². The molecule has 2 N–H and O–H groups in total. The number of fused-ring (bicyclic) bond motifs is 4. The molecule has 2 aromatic carbocycles. The van der Waals surface area contributed by atoms with Crippen LogP contribution in [0.1, 0.15) is 40.7 Å². The van der Waals surface area contributed by atoms with E-state index < -0.39 is 5.54 Å². The van der Waals surface area contributed by atoms with Crippen molar-refractivity contribution in [2.24, 2.45) is 16.1 Å². The van der Waals surface area contributed by atoms with Crippen molar-refractivity contribution in [3.8, 4) is 6.07 Å². The normalized spacial score (nSPS) is 26.1. The summed E-state index contributed by atoms with van der Waals surface area (Å²) in [7, 11) is 1.68. The molecule has 0 aromatic heterocycles. The van der Waals surface area contributed by atoms with Gasteiger partial charge >= 0.3 is 0 Å². The highest BCUT2D eigenvalue weighted by molar-refractivity contribution is 5.86. The van der Waals surface area contributed by atoms with Gasteiger partial charge in [-0.05, 0) is 65.6 Å². The first-order valence-electron chi connectivity index (χ1n) is 11.1. The maximum absolute atomic E-state index is 9.62. The summed E-state index contributed by atoms with van der Waals surface area (Å²) >= 11 is 0. The molecule has 2 aromatic rings. The first-order valence-corrected chi connectivity index (χ1v) is 11.1. The van der Waals surface area contributed by atoms with Crippen LogP contribution in [0.15, 0.2) is 66.3 Å². The van der Waals surface area contributed by atoms with Crippen molar-refractivity contribution >= 4 is 11.5 Å². The second-order valence-corrected chi connectivity index (χ2v) is 9.15. The summed E-state index contributed by atoms with van der Waals surface area (Å²) in [4.78, 5) is 7.17. The van der Waals surface area contributed by atoms with Crippen LogP contribution in [0.2, 0.25) is 0 Å². The Labute approximate surface area is 189 Å². The number of nitriles is 1. The van der Waals surface area contributed by atoms with Gasteiger partial charge in [0, 0.05) is 24.8 Å². The summed E-state index contributed by atoms with van der Waals surface area (Å²) in [5.74, 6) is 0.467. The van der Waals surface area contributed by atoms with Crippen LogP contribution in [-0.4, -0.2) is 31.1 Å². The average molecular weight is 425 g/mol. The molecule has 2 spiro atoms. The monoisotopic (exact) mass is 424 g/mol. The topological polar surface area (TPSA) is 74.6 Å². The Bertz CT molecular complexity index is 1210. The molecule has 0 saturated heterocycles. The first-order chi connectivity index (χ1) is 15.5. The van der Waals surface area contributed by atoms with Crippen molar-refractivity contribution in [2.75, 3.05) is 20.3 Å². The molecule has 2 aliphatic carbocycles. The van der Waals surface area contributed by atoms with E-state index in [0.717, 1.165) is 42.5 Å². The zero-order valence-corrected chi connectivity index (χ0v) is 18.5. The summed E-state index contributed by atoms with van der Waals surface area (Å²) in [6, 6.07) is 16.8. The van der Waals surface area contributed by atoms with Gasteiger partial charge in [-0.15, -0.1) is 0 Å². The molecule has 0 amide bonds. The summed E-state index contributed by atoms with van der Waals surface area (Å²) in [6.45, 7) is 10.2. The number of nitrogens with zero attached hydrogens (tertiary/aromatic N) is 3. The molecule has 0 bridgehead atoms. The van der Waals surface area contributed by atoms with E-state index in [1.165, 1.54) is 16.7 Å². The highest BCUT2D eigenvalue weighted by Gasteiger charge is 2.63. The third kappa shape index (κ3) is 2.69. The number of allylic oxidation sites excluding steroid dienone is 1. The van der Waals surface area contributed by atoms with Gasteiger partial charge in [0.25, 0.3) is 0 Å². The van der Waals surface area contributed by atoms with Crippen LogP contribution in [0.5, 0.6) is 0 Å². The minimum atomic E-state index is -0.710. The molecule has 2 unspecified atom stereocenters. The molecule has 2 atom stereocenters. The minimum Gasteiger partial charge on any atom is -0.383 e. The lowest BCUT2D eigenvalue weighted by Gasteiger charge is -2.43. The van der Waals surface area contributed by atoms with E-state index in [1.54, 1.807) is 7.11 Å². The highest BCUT2D eigenvalue weighted by atomic mass is 16.5. The third-order valence-corrected chi connectivity index (χ3v) is 7.57. The fraction of sp³-hybridized carbons (Fsp3) is 0.333. The Morgan fingerprint density at radius 3 is 2.78 bits per heavy atom. The molecule has 0 fully saturated rings. The number of aliphatic imine (C=N–C) groups is 1. The molecule has 1 aliphatic heterocycles. The van der Waals surface area contributed by atoms with Crippen LogP contribution < -0.4 is 5.73 Å². The maximum atomic E-state index is 9.62. The maximum Gasteiger partial charge on any atom is 0.197 e. The zero-order chi connectivity index (χ0) is 22.5. The number of benzene rings is 2. The van der Waals surface area contributed by atoms with Crippen molar-refractivity contribution < 1.29 is 4.74 Å². The minimum absolute atomic E-state index is 0.247. The summed E-state index contributed by atoms with van der Waals surface area (Å²) in [5.41, 5.74) is 13.0. The lowest BCUT2D eigenvalue weighted by Crippen LogP contribution is -2.44. The van der Waals surface area contributed by atoms with Gasteiger partial charge in [-0.2, -0.15) is 5.26 Å². The van der Waals surface area contributed by atoms with Gasteiger partial charge in [0.15, 0.2) is 5.96 Å². The van der Waals surface area contributed by atoms with Crippen LogP contribution in [0, 0.1) is 16.7 Å². The molecule has 1 heterocycles. The van der Waals surface area contributed by atoms with Crippen molar-refractivity contribution in [2.45, 2.75) is 31.2 Å². The van der Waals surface area contributed by atoms with E-state index in [9.17, 15) is 5.26 Å². The molecule has 5 rings (SSSR count). The van der Waals surface area contributed by atoms with E-state index >= 15 is 0 Å². The Morgan fingerprint density at radius 1 is 1.19 bits per heavy atom. The Balaban J connectivity index is 1.70. The molecular formula is C27H28N4O. The van der Waals surface area contributed by atoms with E-state index in [0.29, 0.717) is 24.7 Å². The fourth-order valence-corrected chi connectivity index (χ4v) is 6.13. The summed E-state index contributed by atoms with van der Waals surface area (Å²) in [6.07, 6.45) is 3.54. The number of ether oxygens (including phenoxy) is 1. The largest absolute Gasteiger partial charge is 0.383 e. The van der Waals surface area contributed by atoms with Gasteiger partial charge in [-0.3, -0.25) is 0 Å². The van der Waals surface area contributed by atoms with Crippen molar-refractivity contribution in [1.82, 2.24) is 4.90 Å². The predicted octanol–water partition coefficient (Wildman–Crippen LogP) is 4.14. The van der Waals surface area contributed by atoms with Gasteiger partial charge in [-0.1, -0.05) is 43.5 Å². The average Bonchev–Trinajstić information content (AvgIpc) is 3.15. The molecule has 3 aliphatic rings. The lowest BCUT2D eigenvalue weighted by atomic mass is 9.63. The van der Waals surface area contributed by atoms with Gasteiger partial charge < -0.3 is 15.4 Å². The molecule has 162 valence electrons. The number of rotatable bonds is 3. The number of aryl methyl sites for hydroxylation is 1. The number of guanidine groups is 1. The predicted molar refractivity (Wildman–Crippen MR) is 127 cm³/mol. The van der Waals surface area contributed by atoms with Crippen LogP contribution >= 0.6 is 0 Å². The second-order valence-electron chi connectivity index (χ2n) is 9.15. The molecule has 0 radical (unpaired) electrons. The molecule has 0 saturated carbocycles. The van der Waals surface area contributed by atoms with Crippen LogP contribution in [0.3, 0.4) is 0 Å². The van der Waals surface area contributed by atoms with Crippen molar-refractivity contribution in [3.05, 3.63) is 89.1 Å². The van der Waals surface area contributed by atoms with Crippen LogP contribution in [0.4, 0.5) is 0 Å². The fourth-order valence-electron chi connectivity index (χ4n) is 6.13. The van der Waals surface area contributed by atoms with E-state index in [-0.39, 0.29) is 5.41 Å². The number of methoxy groups -OCH3 is 1. The summed E-state index contributed by atoms with van der Waals surface area (Å²) in [5, 5.41) is 9.62. The van der Waals surface area contributed by atoms with Crippen molar-refractivity contribution in [1.29, 1.82) is 5.26 Å². The van der Waals surface area contributed by atoms with Gasteiger partial charge in [0.05, 0.1) is 18.2 Å².